The zero-order chi connectivity index (χ0) is 12.3. The lowest BCUT2D eigenvalue weighted by Crippen LogP contribution is -2.15. The predicted octanol–water partition coefficient (Wildman–Crippen LogP) is 1.55. The lowest BCUT2D eigenvalue weighted by atomic mass is 10.1. The van der Waals surface area contributed by atoms with Gasteiger partial charge in [0.2, 0.25) is 0 Å². The van der Waals surface area contributed by atoms with Crippen molar-refractivity contribution < 1.29 is 4.39 Å². The summed E-state index contributed by atoms with van der Waals surface area (Å²) in [6.45, 7) is 3.10. The van der Waals surface area contributed by atoms with Crippen LogP contribution in [0.2, 0.25) is 0 Å². The Hall–Kier alpha value is -1.75. The fourth-order valence-electron chi connectivity index (χ4n) is 1.60. The lowest BCUT2D eigenvalue weighted by molar-refractivity contribution is 0.612. The molecule has 1 N–H and O–H groups in total. The zero-order valence-electron chi connectivity index (χ0n) is 9.94. The Morgan fingerprint density at radius 2 is 2.18 bits per heavy atom. The summed E-state index contributed by atoms with van der Waals surface area (Å²) in [7, 11) is 1.90. The smallest absolute Gasteiger partial charge is 0.146 e. The minimum Gasteiger partial charge on any atom is -0.320 e. The number of halogens is 1. The largest absolute Gasteiger partial charge is 0.320 e. The summed E-state index contributed by atoms with van der Waals surface area (Å²) in [4.78, 5) is 0. The summed E-state index contributed by atoms with van der Waals surface area (Å²) < 4.78 is 14.9. The maximum Gasteiger partial charge on any atom is 0.146 e. The van der Waals surface area contributed by atoms with Gasteiger partial charge in [-0.05, 0) is 24.1 Å². The van der Waals surface area contributed by atoms with Crippen LogP contribution in [0.15, 0.2) is 24.5 Å². The number of nitrogens with one attached hydrogen (secondary N) is 1. The molecule has 0 spiro atoms. The van der Waals surface area contributed by atoms with Crippen molar-refractivity contribution in [1.29, 1.82) is 0 Å². The maximum atomic E-state index is 13.1. The summed E-state index contributed by atoms with van der Waals surface area (Å²) in [5, 5.41) is 11.0. The molecule has 2 aromatic rings. The van der Waals surface area contributed by atoms with Crippen LogP contribution in [0.3, 0.4) is 0 Å². The lowest BCUT2D eigenvalue weighted by Gasteiger charge is -2.05. The molecular weight excluding hydrogens is 219 g/mol. The third-order valence-electron chi connectivity index (χ3n) is 2.64. The topological polar surface area (TPSA) is 42.7 Å². The number of benzene rings is 1. The summed E-state index contributed by atoms with van der Waals surface area (Å²) in [5.41, 5.74) is 1.73. The third-order valence-corrected chi connectivity index (χ3v) is 2.64. The van der Waals surface area contributed by atoms with E-state index < -0.39 is 0 Å². The predicted molar refractivity (Wildman–Crippen MR) is 62.7 cm³/mol. The van der Waals surface area contributed by atoms with Gasteiger partial charge in [0.15, 0.2) is 0 Å². The minimum absolute atomic E-state index is 0.165. The molecule has 2 rings (SSSR count). The Labute approximate surface area is 99.5 Å². The molecule has 0 unspecified atom stereocenters. The number of rotatable bonds is 4. The third kappa shape index (κ3) is 2.88. The Balaban J connectivity index is 1.90. The van der Waals surface area contributed by atoms with Crippen molar-refractivity contribution in [3.8, 4) is 0 Å². The highest BCUT2D eigenvalue weighted by atomic mass is 19.1. The first kappa shape index (κ1) is 11.7. The second kappa shape index (κ2) is 5.05. The van der Waals surface area contributed by atoms with E-state index in [1.165, 1.54) is 6.07 Å². The van der Waals surface area contributed by atoms with Crippen LogP contribution in [0, 0.1) is 12.7 Å². The van der Waals surface area contributed by atoms with Gasteiger partial charge >= 0.3 is 0 Å². The highest BCUT2D eigenvalue weighted by Crippen LogP contribution is 2.09. The van der Waals surface area contributed by atoms with E-state index in [1.807, 2.05) is 17.7 Å². The first-order chi connectivity index (χ1) is 8.16. The van der Waals surface area contributed by atoms with Gasteiger partial charge in [0.05, 0.1) is 6.54 Å². The molecule has 1 heterocycles. The summed E-state index contributed by atoms with van der Waals surface area (Å²) >= 11 is 0. The molecule has 0 fully saturated rings. The van der Waals surface area contributed by atoms with Crippen molar-refractivity contribution >= 4 is 0 Å². The average molecular weight is 234 g/mol. The summed E-state index contributed by atoms with van der Waals surface area (Å²) in [6.07, 6.45) is 1.67. The van der Waals surface area contributed by atoms with Crippen molar-refractivity contribution in [1.82, 2.24) is 20.1 Å². The van der Waals surface area contributed by atoms with Crippen molar-refractivity contribution in [2.24, 2.45) is 7.05 Å². The van der Waals surface area contributed by atoms with Crippen LogP contribution in [0.4, 0.5) is 4.39 Å². The van der Waals surface area contributed by atoms with Crippen molar-refractivity contribution in [2.45, 2.75) is 20.0 Å². The normalized spacial score (nSPS) is 10.8. The van der Waals surface area contributed by atoms with E-state index in [-0.39, 0.29) is 5.82 Å². The van der Waals surface area contributed by atoms with Crippen LogP contribution in [-0.2, 0) is 20.1 Å². The summed E-state index contributed by atoms with van der Waals surface area (Å²) in [6, 6.07) is 5.12. The maximum absolute atomic E-state index is 13.1. The highest BCUT2D eigenvalue weighted by Gasteiger charge is 2.01. The zero-order valence-corrected chi connectivity index (χ0v) is 9.94. The van der Waals surface area contributed by atoms with Crippen LogP contribution in [-0.4, -0.2) is 14.8 Å². The van der Waals surface area contributed by atoms with E-state index in [4.69, 9.17) is 0 Å². The molecule has 0 atom stereocenters. The van der Waals surface area contributed by atoms with Gasteiger partial charge in [-0.1, -0.05) is 12.1 Å². The van der Waals surface area contributed by atoms with Crippen LogP contribution in [0.25, 0.3) is 0 Å². The molecular formula is C12H15FN4. The molecule has 1 aromatic carbocycles. The Kier molecular flexibility index (Phi) is 3.49. The van der Waals surface area contributed by atoms with E-state index >= 15 is 0 Å². The fraction of sp³-hybridized carbons (Fsp3) is 0.333. The SMILES string of the molecule is Cc1cc(CNCc2nncn2C)ccc1F. The molecule has 1 aromatic heterocycles. The number of hydrogen-bond acceptors (Lipinski definition) is 3. The number of aromatic nitrogens is 3. The molecule has 4 nitrogen and oxygen atoms in total. The number of hydrogen-bond donors (Lipinski definition) is 1. The molecule has 0 saturated carbocycles. The summed E-state index contributed by atoms with van der Waals surface area (Å²) in [5.74, 6) is 0.714. The second-order valence-corrected chi connectivity index (χ2v) is 4.05. The van der Waals surface area contributed by atoms with E-state index in [2.05, 4.69) is 15.5 Å². The minimum atomic E-state index is -0.165. The monoisotopic (exact) mass is 234 g/mol. The van der Waals surface area contributed by atoms with Crippen molar-refractivity contribution in [3.63, 3.8) is 0 Å². The number of nitrogens with zero attached hydrogens (tertiary/aromatic N) is 3. The van der Waals surface area contributed by atoms with Gasteiger partial charge in [-0.15, -0.1) is 10.2 Å². The van der Waals surface area contributed by atoms with Gasteiger partial charge < -0.3 is 9.88 Å². The molecule has 0 aliphatic heterocycles. The standard InChI is InChI=1S/C12H15FN4/c1-9-5-10(3-4-11(9)13)6-14-7-12-16-15-8-17(12)2/h3-5,8,14H,6-7H2,1-2H3. The van der Waals surface area contributed by atoms with E-state index in [0.29, 0.717) is 18.7 Å². The first-order valence-corrected chi connectivity index (χ1v) is 5.45. The van der Waals surface area contributed by atoms with Crippen molar-refractivity contribution in [2.75, 3.05) is 0 Å². The van der Waals surface area contributed by atoms with Crippen LogP contribution < -0.4 is 5.32 Å². The molecule has 90 valence electrons. The molecule has 5 heteroatoms. The molecule has 0 saturated heterocycles. The van der Waals surface area contributed by atoms with Gasteiger partial charge in [0.25, 0.3) is 0 Å². The van der Waals surface area contributed by atoms with Gasteiger partial charge in [-0.3, -0.25) is 0 Å². The molecule has 17 heavy (non-hydrogen) atoms. The van der Waals surface area contributed by atoms with Gasteiger partial charge in [-0.25, -0.2) is 4.39 Å². The highest BCUT2D eigenvalue weighted by molar-refractivity contribution is 5.23. The number of aryl methyl sites for hydroxylation is 2. The quantitative estimate of drug-likeness (QED) is 0.872. The van der Waals surface area contributed by atoms with E-state index in [1.54, 1.807) is 19.3 Å². The Morgan fingerprint density at radius 1 is 1.35 bits per heavy atom. The van der Waals surface area contributed by atoms with E-state index in [9.17, 15) is 4.39 Å². The fourth-order valence-corrected chi connectivity index (χ4v) is 1.60. The van der Waals surface area contributed by atoms with Gasteiger partial charge in [-0.2, -0.15) is 0 Å². The van der Waals surface area contributed by atoms with E-state index in [0.717, 1.165) is 11.4 Å². The molecule has 0 aliphatic rings. The van der Waals surface area contributed by atoms with Crippen LogP contribution in [0.5, 0.6) is 0 Å². The van der Waals surface area contributed by atoms with Gasteiger partial charge in [0.1, 0.15) is 18.0 Å². The second-order valence-electron chi connectivity index (χ2n) is 4.05. The van der Waals surface area contributed by atoms with Gasteiger partial charge in [0, 0.05) is 13.6 Å². The average Bonchev–Trinajstić information content (AvgIpc) is 2.70. The molecule has 0 aliphatic carbocycles. The molecule has 0 radical (unpaired) electrons. The van der Waals surface area contributed by atoms with Crippen LogP contribution in [0.1, 0.15) is 17.0 Å². The first-order valence-electron chi connectivity index (χ1n) is 5.45. The Bertz CT molecular complexity index is 507. The van der Waals surface area contributed by atoms with Crippen molar-refractivity contribution in [3.05, 3.63) is 47.3 Å². The molecule has 0 bridgehead atoms. The molecule has 0 amide bonds. The Morgan fingerprint density at radius 3 is 2.82 bits per heavy atom. The van der Waals surface area contributed by atoms with Crippen LogP contribution >= 0.6 is 0 Å².